The Bertz CT molecular complexity index is 103. The van der Waals surface area contributed by atoms with E-state index in [1.807, 2.05) is 0 Å². The van der Waals surface area contributed by atoms with Gasteiger partial charge in [-0.25, -0.2) is 5.01 Å². The average molecular weight is 154 g/mol. The minimum absolute atomic E-state index is 0.541. The summed E-state index contributed by atoms with van der Waals surface area (Å²) >= 11 is 10.8. The molecule has 0 spiro atoms. The molecule has 5 heteroatoms. The number of rotatable bonds is 1. The molecule has 0 aromatic carbocycles. The molecular weight excluding hydrogens is 149 g/mol. The van der Waals surface area contributed by atoms with E-state index in [0.29, 0.717) is 6.54 Å². The molecule has 0 saturated carbocycles. The quantitative estimate of drug-likeness (QED) is 0.414. The normalized spacial score (nSPS) is 18.6. The minimum Gasteiger partial charge on any atom is -0.245 e. The summed E-state index contributed by atoms with van der Waals surface area (Å²) in [5.74, 6) is 0. The summed E-state index contributed by atoms with van der Waals surface area (Å²) in [4.78, 5) is -0.541. The van der Waals surface area contributed by atoms with Gasteiger partial charge in [-0.05, 0) is 0 Å². The van der Waals surface area contributed by atoms with Gasteiger partial charge >= 0.3 is 0 Å². The van der Waals surface area contributed by atoms with Crippen molar-refractivity contribution in [2.75, 3.05) is 13.1 Å². The summed E-state index contributed by atoms with van der Waals surface area (Å²) in [7, 11) is 0. The first-order chi connectivity index (χ1) is 3.80. The second kappa shape index (κ2) is 2.51. The predicted molar refractivity (Wildman–Crippen MR) is 31.9 cm³/mol. The van der Waals surface area contributed by atoms with Gasteiger partial charge in [0, 0.05) is 0 Å². The molecule has 3 nitrogen and oxygen atoms in total. The number of alkyl halides is 2. The lowest BCUT2D eigenvalue weighted by atomic mass is 10.7. The number of halogens is 2. The molecule has 8 heavy (non-hydrogen) atoms. The van der Waals surface area contributed by atoms with Gasteiger partial charge in [0.15, 0.2) is 4.96 Å². The summed E-state index contributed by atoms with van der Waals surface area (Å²) < 4.78 is 0. The molecule has 1 aliphatic heterocycles. The summed E-state index contributed by atoms with van der Waals surface area (Å²) in [6.45, 7) is 1.44. The van der Waals surface area contributed by atoms with Gasteiger partial charge in [-0.1, -0.05) is 28.4 Å². The highest BCUT2D eigenvalue weighted by atomic mass is 35.5. The van der Waals surface area contributed by atoms with Crippen LogP contribution in [0.1, 0.15) is 0 Å². The lowest BCUT2D eigenvalue weighted by Gasteiger charge is -2.10. The van der Waals surface area contributed by atoms with E-state index in [9.17, 15) is 0 Å². The number of nitrogens with zero attached hydrogens (tertiary/aromatic N) is 3. The van der Waals surface area contributed by atoms with E-state index >= 15 is 0 Å². The van der Waals surface area contributed by atoms with Gasteiger partial charge in [0.1, 0.15) is 0 Å². The van der Waals surface area contributed by atoms with Crippen LogP contribution >= 0.6 is 23.2 Å². The highest BCUT2D eigenvalue weighted by molar-refractivity contribution is 6.43. The Kier molecular flexibility index (Phi) is 1.91. The fourth-order valence-corrected chi connectivity index (χ4v) is 0.728. The van der Waals surface area contributed by atoms with E-state index in [1.54, 1.807) is 0 Å². The highest BCUT2D eigenvalue weighted by Gasteiger charge is 2.12. The van der Waals surface area contributed by atoms with Crippen LogP contribution in [0.25, 0.3) is 0 Å². The first kappa shape index (κ1) is 6.11. The summed E-state index contributed by atoms with van der Waals surface area (Å²) in [6, 6.07) is 0. The molecule has 0 radical (unpaired) electrons. The van der Waals surface area contributed by atoms with Crippen molar-refractivity contribution in [3.8, 4) is 0 Å². The van der Waals surface area contributed by atoms with Crippen molar-refractivity contribution >= 4 is 23.2 Å². The molecule has 0 fully saturated rings. The third-order valence-electron chi connectivity index (χ3n) is 0.833. The van der Waals surface area contributed by atoms with E-state index in [-0.39, 0.29) is 0 Å². The third kappa shape index (κ3) is 1.23. The largest absolute Gasteiger partial charge is 0.245 e. The van der Waals surface area contributed by atoms with Crippen LogP contribution in [0, 0.1) is 0 Å². The van der Waals surface area contributed by atoms with Crippen molar-refractivity contribution in [2.45, 2.75) is 4.96 Å². The van der Waals surface area contributed by atoms with Crippen LogP contribution in [0.4, 0.5) is 0 Å². The lowest BCUT2D eigenvalue weighted by Crippen LogP contribution is -2.19. The van der Waals surface area contributed by atoms with Crippen molar-refractivity contribution in [1.29, 1.82) is 0 Å². The molecule has 1 rings (SSSR count). The van der Waals surface area contributed by atoms with Gasteiger partial charge in [-0.2, -0.15) is 5.11 Å². The number of hydrogen-bond acceptors (Lipinski definition) is 3. The fourth-order valence-electron chi connectivity index (χ4n) is 0.454. The van der Waals surface area contributed by atoms with Crippen LogP contribution in [0.5, 0.6) is 0 Å². The lowest BCUT2D eigenvalue weighted by molar-refractivity contribution is 0.349. The molecule has 0 aliphatic carbocycles. The van der Waals surface area contributed by atoms with Crippen molar-refractivity contribution in [2.24, 2.45) is 10.3 Å². The Balaban J connectivity index is 2.36. The van der Waals surface area contributed by atoms with E-state index in [2.05, 4.69) is 10.3 Å². The highest BCUT2D eigenvalue weighted by Crippen LogP contribution is 2.12. The zero-order valence-electron chi connectivity index (χ0n) is 4.09. The molecule has 0 saturated heterocycles. The second-order valence-corrected chi connectivity index (χ2v) is 2.45. The van der Waals surface area contributed by atoms with E-state index in [0.717, 1.165) is 6.54 Å². The maximum atomic E-state index is 5.42. The van der Waals surface area contributed by atoms with Gasteiger partial charge in [-0.15, -0.1) is 0 Å². The summed E-state index contributed by atoms with van der Waals surface area (Å²) in [5, 5.41) is 8.81. The molecule has 0 unspecified atom stereocenters. The van der Waals surface area contributed by atoms with Gasteiger partial charge in [0.2, 0.25) is 0 Å². The molecule has 46 valence electrons. The van der Waals surface area contributed by atoms with Crippen LogP contribution < -0.4 is 0 Å². The van der Waals surface area contributed by atoms with Gasteiger partial charge in [-0.3, -0.25) is 0 Å². The van der Waals surface area contributed by atoms with Crippen LogP contribution in [0.3, 0.4) is 0 Å². The SMILES string of the molecule is ClC(Cl)N1CCN=N1. The van der Waals surface area contributed by atoms with Crippen molar-refractivity contribution in [3.05, 3.63) is 0 Å². The summed E-state index contributed by atoms with van der Waals surface area (Å²) in [5.41, 5.74) is 0. The maximum absolute atomic E-state index is 5.42. The molecule has 1 heterocycles. The van der Waals surface area contributed by atoms with E-state index in [1.165, 1.54) is 5.01 Å². The maximum Gasteiger partial charge on any atom is 0.196 e. The monoisotopic (exact) mass is 153 g/mol. The smallest absolute Gasteiger partial charge is 0.196 e. The molecule has 0 N–H and O–H groups in total. The Morgan fingerprint density at radius 3 is 2.50 bits per heavy atom. The molecule has 0 aromatic rings. The zero-order chi connectivity index (χ0) is 5.98. The van der Waals surface area contributed by atoms with E-state index < -0.39 is 4.96 Å². The zero-order valence-corrected chi connectivity index (χ0v) is 5.60. The standard InChI is InChI=1S/C3H5Cl2N3/c4-3(5)8-2-1-6-7-8/h3H,1-2H2. The van der Waals surface area contributed by atoms with Crippen molar-refractivity contribution < 1.29 is 0 Å². The minimum atomic E-state index is -0.541. The second-order valence-electron chi connectivity index (χ2n) is 1.40. The van der Waals surface area contributed by atoms with Crippen molar-refractivity contribution in [1.82, 2.24) is 5.01 Å². The Hall–Kier alpha value is -0.0200. The van der Waals surface area contributed by atoms with Crippen LogP contribution in [0.2, 0.25) is 0 Å². The summed E-state index contributed by atoms with van der Waals surface area (Å²) in [6.07, 6.45) is 0. The Labute approximate surface area is 57.2 Å². The Morgan fingerprint density at radius 1 is 1.50 bits per heavy atom. The molecule has 0 bridgehead atoms. The van der Waals surface area contributed by atoms with Crippen LogP contribution in [-0.4, -0.2) is 23.1 Å². The van der Waals surface area contributed by atoms with Gasteiger partial charge in [0.25, 0.3) is 0 Å². The molecule has 1 aliphatic rings. The molecule has 0 amide bonds. The van der Waals surface area contributed by atoms with Gasteiger partial charge in [0.05, 0.1) is 13.1 Å². The van der Waals surface area contributed by atoms with Crippen LogP contribution in [-0.2, 0) is 0 Å². The first-order valence-electron chi connectivity index (χ1n) is 2.23. The number of hydrogen-bond donors (Lipinski definition) is 0. The van der Waals surface area contributed by atoms with E-state index in [4.69, 9.17) is 23.2 Å². The molecule has 0 aromatic heterocycles. The van der Waals surface area contributed by atoms with Crippen molar-refractivity contribution in [3.63, 3.8) is 0 Å². The first-order valence-corrected chi connectivity index (χ1v) is 3.10. The average Bonchev–Trinajstić information content (AvgIpc) is 2.12. The topological polar surface area (TPSA) is 28.0 Å². The van der Waals surface area contributed by atoms with Crippen LogP contribution in [0.15, 0.2) is 10.3 Å². The van der Waals surface area contributed by atoms with Gasteiger partial charge < -0.3 is 0 Å². The molecular formula is C3H5Cl2N3. The predicted octanol–water partition coefficient (Wildman–Crippen LogP) is 1.43. The molecule has 0 atom stereocenters. The third-order valence-corrected chi connectivity index (χ3v) is 1.28. The Morgan fingerprint density at radius 2 is 2.25 bits per heavy atom. The fraction of sp³-hybridized carbons (Fsp3) is 1.00.